The molecule has 0 bridgehead atoms. The van der Waals surface area contributed by atoms with Crippen molar-refractivity contribution in [1.29, 1.82) is 0 Å². The highest BCUT2D eigenvalue weighted by atomic mass is 32.1. The van der Waals surface area contributed by atoms with Gasteiger partial charge in [0.25, 0.3) is 0 Å². The monoisotopic (exact) mass is 251 g/mol. The van der Waals surface area contributed by atoms with Gasteiger partial charge < -0.3 is 10.5 Å². The molecule has 1 aromatic rings. The number of ether oxygens (including phenoxy) is 1. The molecule has 0 spiro atoms. The third-order valence-corrected chi connectivity index (χ3v) is 3.19. The van der Waals surface area contributed by atoms with Gasteiger partial charge in [0.05, 0.1) is 13.2 Å². The van der Waals surface area contributed by atoms with Crippen LogP contribution < -0.4 is 5.73 Å². The first-order valence-electron chi connectivity index (χ1n) is 5.86. The molecule has 0 aliphatic heterocycles. The van der Waals surface area contributed by atoms with Gasteiger partial charge in [0.2, 0.25) is 0 Å². The van der Waals surface area contributed by atoms with E-state index in [0.717, 1.165) is 18.6 Å². The highest BCUT2D eigenvalue weighted by Crippen LogP contribution is 2.20. The number of nitrogens with two attached hydrogens (primary N) is 1. The fourth-order valence-corrected chi connectivity index (χ4v) is 2.02. The molecule has 0 unspecified atom stereocenters. The molecule has 0 aliphatic carbocycles. The van der Waals surface area contributed by atoms with E-state index in [1.807, 2.05) is 11.4 Å². The van der Waals surface area contributed by atoms with Gasteiger partial charge in [-0.1, -0.05) is 32.6 Å². The first-order valence-corrected chi connectivity index (χ1v) is 6.74. The van der Waals surface area contributed by atoms with E-state index in [0.29, 0.717) is 18.6 Å². The van der Waals surface area contributed by atoms with Crippen LogP contribution in [-0.2, 0) is 11.3 Å². The van der Waals surface area contributed by atoms with Crippen molar-refractivity contribution >= 4 is 11.3 Å². The Morgan fingerprint density at radius 1 is 1.41 bits per heavy atom. The first kappa shape index (κ1) is 14.2. The molecule has 3 heteroatoms. The lowest BCUT2D eigenvalue weighted by molar-refractivity contribution is 0.0979. The average molecular weight is 251 g/mol. The predicted octanol–water partition coefficient (Wildman–Crippen LogP) is 3.01. The van der Waals surface area contributed by atoms with Crippen molar-refractivity contribution in [3.8, 4) is 11.8 Å². The van der Waals surface area contributed by atoms with E-state index < -0.39 is 0 Å². The molecule has 0 radical (unpaired) electrons. The molecule has 17 heavy (non-hydrogen) atoms. The topological polar surface area (TPSA) is 35.2 Å². The molecule has 2 N–H and O–H groups in total. The Labute approximate surface area is 108 Å². The van der Waals surface area contributed by atoms with Crippen LogP contribution in [0.4, 0.5) is 0 Å². The van der Waals surface area contributed by atoms with Crippen LogP contribution in [0.15, 0.2) is 11.4 Å². The quantitative estimate of drug-likeness (QED) is 0.659. The van der Waals surface area contributed by atoms with Gasteiger partial charge in [0.1, 0.15) is 0 Å². The zero-order valence-corrected chi connectivity index (χ0v) is 11.7. The van der Waals surface area contributed by atoms with Crippen LogP contribution >= 0.6 is 11.3 Å². The van der Waals surface area contributed by atoms with Crippen molar-refractivity contribution in [2.24, 2.45) is 11.1 Å². The Balaban J connectivity index is 2.39. The number of rotatable bonds is 4. The molecule has 2 nitrogen and oxygen atoms in total. The van der Waals surface area contributed by atoms with Crippen molar-refractivity contribution in [1.82, 2.24) is 0 Å². The summed E-state index contributed by atoms with van der Waals surface area (Å²) in [5, 5.41) is 2.04. The van der Waals surface area contributed by atoms with E-state index in [9.17, 15) is 0 Å². The minimum Gasteiger partial charge on any atom is -0.376 e. The van der Waals surface area contributed by atoms with Gasteiger partial charge in [0.15, 0.2) is 0 Å². The maximum absolute atomic E-state index is 5.69. The summed E-state index contributed by atoms with van der Waals surface area (Å²) in [6, 6.07) is 2.02. The Bertz CT molecular complexity index is 392. The lowest BCUT2D eigenvalue weighted by Gasteiger charge is -2.17. The second kappa shape index (κ2) is 6.80. The van der Waals surface area contributed by atoms with Crippen LogP contribution in [0.3, 0.4) is 0 Å². The van der Waals surface area contributed by atoms with Gasteiger partial charge in [-0.3, -0.25) is 0 Å². The summed E-state index contributed by atoms with van der Waals surface area (Å²) in [4.78, 5) is 1.19. The van der Waals surface area contributed by atoms with E-state index >= 15 is 0 Å². The number of thiophene rings is 1. The molecule has 0 aromatic carbocycles. The zero-order valence-electron chi connectivity index (χ0n) is 10.9. The molecule has 0 fully saturated rings. The smallest absolute Gasteiger partial charge is 0.0821 e. The normalized spacial score (nSPS) is 11.1. The van der Waals surface area contributed by atoms with Gasteiger partial charge in [-0.25, -0.2) is 0 Å². The molecule has 1 aromatic heterocycles. The average Bonchev–Trinajstić information content (AvgIpc) is 2.67. The SMILES string of the molecule is CC(C)(C)CCOCc1sccc1C#CCN. The zero-order chi connectivity index (χ0) is 12.7. The van der Waals surface area contributed by atoms with Crippen LogP contribution in [0.25, 0.3) is 0 Å². The van der Waals surface area contributed by atoms with Gasteiger partial charge in [-0.2, -0.15) is 0 Å². The van der Waals surface area contributed by atoms with E-state index in [-0.39, 0.29) is 0 Å². The largest absolute Gasteiger partial charge is 0.376 e. The van der Waals surface area contributed by atoms with Crippen molar-refractivity contribution in [3.63, 3.8) is 0 Å². The van der Waals surface area contributed by atoms with Crippen LogP contribution in [0.5, 0.6) is 0 Å². The van der Waals surface area contributed by atoms with Crippen molar-refractivity contribution < 1.29 is 4.74 Å². The molecule has 0 saturated heterocycles. The summed E-state index contributed by atoms with van der Waals surface area (Å²) >= 11 is 1.69. The molecule has 0 amide bonds. The summed E-state index contributed by atoms with van der Waals surface area (Å²) in [6.45, 7) is 8.52. The Hall–Kier alpha value is -0.820. The molecule has 0 atom stereocenters. The molecule has 0 aliphatic rings. The molecule has 94 valence electrons. The number of hydrogen-bond acceptors (Lipinski definition) is 3. The van der Waals surface area contributed by atoms with Gasteiger partial charge in [0, 0.05) is 17.0 Å². The lowest BCUT2D eigenvalue weighted by Crippen LogP contribution is -2.09. The second-order valence-electron chi connectivity index (χ2n) is 5.13. The fraction of sp³-hybridized carbons (Fsp3) is 0.571. The lowest BCUT2D eigenvalue weighted by atomic mass is 9.93. The number of hydrogen-bond donors (Lipinski definition) is 1. The van der Waals surface area contributed by atoms with Crippen molar-refractivity contribution in [3.05, 3.63) is 21.9 Å². The van der Waals surface area contributed by atoms with E-state index in [2.05, 4.69) is 32.6 Å². The van der Waals surface area contributed by atoms with Crippen molar-refractivity contribution in [2.75, 3.05) is 13.2 Å². The third-order valence-electron chi connectivity index (χ3n) is 2.30. The highest BCUT2D eigenvalue weighted by Gasteiger charge is 2.09. The standard InChI is InChI=1S/C14H21NOS/c1-14(2,3)7-9-16-11-13-12(5-4-8-15)6-10-17-13/h6,10H,7-9,11,15H2,1-3H3. The molecule has 1 rings (SSSR count). The Morgan fingerprint density at radius 2 is 2.18 bits per heavy atom. The molecular weight excluding hydrogens is 230 g/mol. The fourth-order valence-electron chi connectivity index (χ4n) is 1.25. The summed E-state index contributed by atoms with van der Waals surface area (Å²) in [5.41, 5.74) is 6.75. The minimum absolute atomic E-state index is 0.331. The van der Waals surface area contributed by atoms with Gasteiger partial charge in [-0.15, -0.1) is 11.3 Å². The van der Waals surface area contributed by atoms with Crippen LogP contribution in [0, 0.1) is 17.3 Å². The summed E-state index contributed by atoms with van der Waals surface area (Å²) in [5.74, 6) is 5.94. The second-order valence-corrected chi connectivity index (χ2v) is 6.13. The Kier molecular flexibility index (Phi) is 5.70. The summed E-state index contributed by atoms with van der Waals surface area (Å²) < 4.78 is 5.69. The Morgan fingerprint density at radius 3 is 2.82 bits per heavy atom. The van der Waals surface area contributed by atoms with E-state index in [4.69, 9.17) is 10.5 Å². The maximum atomic E-state index is 5.69. The molecule has 0 saturated carbocycles. The molecular formula is C14H21NOS. The maximum Gasteiger partial charge on any atom is 0.0821 e. The highest BCUT2D eigenvalue weighted by molar-refractivity contribution is 7.10. The summed E-state index contributed by atoms with van der Waals surface area (Å²) in [6.07, 6.45) is 1.07. The summed E-state index contributed by atoms with van der Waals surface area (Å²) in [7, 11) is 0. The third kappa shape index (κ3) is 5.88. The molecule has 1 heterocycles. The first-order chi connectivity index (χ1) is 8.03. The van der Waals surface area contributed by atoms with E-state index in [1.54, 1.807) is 11.3 Å². The van der Waals surface area contributed by atoms with Crippen LogP contribution in [0.1, 0.15) is 37.6 Å². The van der Waals surface area contributed by atoms with Crippen LogP contribution in [-0.4, -0.2) is 13.2 Å². The van der Waals surface area contributed by atoms with Crippen molar-refractivity contribution in [2.45, 2.75) is 33.8 Å². The van der Waals surface area contributed by atoms with E-state index in [1.165, 1.54) is 4.88 Å². The van der Waals surface area contributed by atoms with Gasteiger partial charge >= 0.3 is 0 Å². The predicted molar refractivity (Wildman–Crippen MR) is 74.0 cm³/mol. The minimum atomic E-state index is 0.331. The van der Waals surface area contributed by atoms with Crippen LogP contribution in [0.2, 0.25) is 0 Å². The van der Waals surface area contributed by atoms with Gasteiger partial charge in [-0.05, 0) is 23.3 Å².